The fourth-order valence-electron chi connectivity index (χ4n) is 3.66. The highest BCUT2D eigenvalue weighted by Gasteiger charge is 2.27. The molecule has 29 heavy (non-hydrogen) atoms. The van der Waals surface area contributed by atoms with E-state index in [0.29, 0.717) is 23.7 Å². The summed E-state index contributed by atoms with van der Waals surface area (Å²) < 4.78 is 11.3. The first-order valence-electron chi connectivity index (χ1n) is 9.36. The summed E-state index contributed by atoms with van der Waals surface area (Å²) in [6, 6.07) is 11.1. The molecule has 1 fully saturated rings. The SMILES string of the molecule is COc1cc2c(N3CCC(Oc4cnc5ccccc5n4)C3)ncnc2cc1O. The van der Waals surface area contributed by atoms with Gasteiger partial charge in [-0.2, -0.15) is 0 Å². The molecule has 8 heteroatoms. The van der Waals surface area contributed by atoms with E-state index in [4.69, 9.17) is 9.47 Å². The van der Waals surface area contributed by atoms with Gasteiger partial charge in [-0.25, -0.2) is 19.9 Å². The Morgan fingerprint density at radius 2 is 1.93 bits per heavy atom. The van der Waals surface area contributed by atoms with Gasteiger partial charge in [-0.15, -0.1) is 0 Å². The minimum Gasteiger partial charge on any atom is -0.504 e. The maximum absolute atomic E-state index is 10.0. The lowest BCUT2D eigenvalue weighted by molar-refractivity contribution is 0.216. The van der Waals surface area contributed by atoms with Crippen molar-refractivity contribution in [3.8, 4) is 17.4 Å². The fraction of sp³-hybridized carbons (Fsp3) is 0.238. The number of phenols is 1. The smallest absolute Gasteiger partial charge is 0.233 e. The zero-order valence-corrected chi connectivity index (χ0v) is 15.8. The van der Waals surface area contributed by atoms with Crippen molar-refractivity contribution in [2.45, 2.75) is 12.5 Å². The van der Waals surface area contributed by atoms with Gasteiger partial charge in [0.15, 0.2) is 11.5 Å². The Labute approximate surface area is 166 Å². The number of ether oxygens (including phenoxy) is 2. The second kappa shape index (κ2) is 7.05. The molecule has 8 nitrogen and oxygen atoms in total. The van der Waals surface area contributed by atoms with Crippen LogP contribution in [0.3, 0.4) is 0 Å². The van der Waals surface area contributed by atoms with E-state index in [0.717, 1.165) is 35.2 Å². The largest absolute Gasteiger partial charge is 0.504 e. The quantitative estimate of drug-likeness (QED) is 0.569. The molecule has 146 valence electrons. The number of aromatic nitrogens is 4. The summed E-state index contributed by atoms with van der Waals surface area (Å²) in [5, 5.41) is 10.8. The minimum absolute atomic E-state index is 0.0190. The third kappa shape index (κ3) is 3.22. The van der Waals surface area contributed by atoms with E-state index in [2.05, 4.69) is 24.8 Å². The molecule has 2 aromatic heterocycles. The van der Waals surface area contributed by atoms with Crippen molar-refractivity contribution in [2.24, 2.45) is 0 Å². The summed E-state index contributed by atoms with van der Waals surface area (Å²) in [6.07, 6.45) is 4.00. The van der Waals surface area contributed by atoms with Gasteiger partial charge in [-0.05, 0) is 18.2 Å². The first-order chi connectivity index (χ1) is 14.2. The van der Waals surface area contributed by atoms with Crippen LogP contribution in [0.5, 0.6) is 17.4 Å². The van der Waals surface area contributed by atoms with Crippen LogP contribution in [0.1, 0.15) is 6.42 Å². The number of aromatic hydroxyl groups is 1. The molecular weight excluding hydrogens is 370 g/mol. The standard InChI is InChI=1S/C21H19N5O3/c1-28-19-8-14-17(9-18(19)27)23-12-24-21(14)26-7-6-13(11-26)29-20-10-22-15-4-2-3-5-16(15)25-20/h2-5,8-10,12-13,27H,6-7,11H2,1H3. The van der Waals surface area contributed by atoms with Crippen molar-refractivity contribution in [2.75, 3.05) is 25.1 Å². The van der Waals surface area contributed by atoms with E-state index < -0.39 is 0 Å². The molecule has 1 N–H and O–H groups in total. The van der Waals surface area contributed by atoms with Crippen LogP contribution in [0.4, 0.5) is 5.82 Å². The number of para-hydroxylation sites is 2. The van der Waals surface area contributed by atoms with Gasteiger partial charge in [0.05, 0.1) is 36.4 Å². The summed E-state index contributed by atoms with van der Waals surface area (Å²) in [5.41, 5.74) is 2.32. The molecule has 5 rings (SSSR count). The van der Waals surface area contributed by atoms with Crippen LogP contribution in [0, 0.1) is 0 Å². The predicted molar refractivity (Wildman–Crippen MR) is 109 cm³/mol. The molecular formula is C21H19N5O3. The molecule has 1 aliphatic rings. The lowest BCUT2D eigenvalue weighted by Gasteiger charge is -2.19. The molecule has 0 aliphatic carbocycles. The molecule has 2 aromatic carbocycles. The summed E-state index contributed by atoms with van der Waals surface area (Å²) in [7, 11) is 1.52. The summed E-state index contributed by atoms with van der Waals surface area (Å²) in [6.45, 7) is 1.46. The van der Waals surface area contributed by atoms with Crippen molar-refractivity contribution in [1.29, 1.82) is 0 Å². The summed E-state index contributed by atoms with van der Waals surface area (Å²) in [4.78, 5) is 19.8. The van der Waals surface area contributed by atoms with E-state index in [9.17, 15) is 5.11 Å². The van der Waals surface area contributed by atoms with Gasteiger partial charge in [0.2, 0.25) is 5.88 Å². The number of anilines is 1. The van der Waals surface area contributed by atoms with E-state index in [1.54, 1.807) is 18.3 Å². The number of methoxy groups -OCH3 is 1. The zero-order valence-electron chi connectivity index (χ0n) is 15.8. The second-order valence-electron chi connectivity index (χ2n) is 6.91. The minimum atomic E-state index is -0.0190. The van der Waals surface area contributed by atoms with Crippen molar-refractivity contribution < 1.29 is 14.6 Å². The van der Waals surface area contributed by atoms with Gasteiger partial charge < -0.3 is 19.5 Å². The Morgan fingerprint density at radius 3 is 2.79 bits per heavy atom. The molecule has 0 saturated carbocycles. The molecule has 0 bridgehead atoms. The number of phenolic OH excluding ortho intramolecular Hbond substituents is 1. The maximum Gasteiger partial charge on any atom is 0.233 e. The van der Waals surface area contributed by atoms with Crippen molar-refractivity contribution >= 4 is 27.8 Å². The van der Waals surface area contributed by atoms with Crippen molar-refractivity contribution in [3.05, 3.63) is 48.9 Å². The first-order valence-corrected chi connectivity index (χ1v) is 9.36. The van der Waals surface area contributed by atoms with Gasteiger partial charge in [0.1, 0.15) is 18.2 Å². The number of hydrogen-bond donors (Lipinski definition) is 1. The van der Waals surface area contributed by atoms with Crippen LogP contribution in [-0.2, 0) is 0 Å². The molecule has 0 amide bonds. The lowest BCUT2D eigenvalue weighted by atomic mass is 10.2. The Hall–Kier alpha value is -3.68. The highest BCUT2D eigenvalue weighted by atomic mass is 16.5. The fourth-order valence-corrected chi connectivity index (χ4v) is 3.66. The number of rotatable bonds is 4. The van der Waals surface area contributed by atoms with Crippen LogP contribution >= 0.6 is 0 Å². The number of hydrogen-bond acceptors (Lipinski definition) is 8. The maximum atomic E-state index is 10.0. The van der Waals surface area contributed by atoms with E-state index in [1.165, 1.54) is 13.4 Å². The third-order valence-corrected chi connectivity index (χ3v) is 5.07. The van der Waals surface area contributed by atoms with Gasteiger partial charge in [-0.1, -0.05) is 12.1 Å². The normalized spacial score (nSPS) is 16.4. The number of fused-ring (bicyclic) bond motifs is 2. The van der Waals surface area contributed by atoms with Crippen LogP contribution in [0.2, 0.25) is 0 Å². The molecule has 0 radical (unpaired) electrons. The van der Waals surface area contributed by atoms with Gasteiger partial charge in [0, 0.05) is 24.4 Å². The summed E-state index contributed by atoms with van der Waals surface area (Å²) >= 11 is 0. The molecule has 4 aromatic rings. The molecule has 1 saturated heterocycles. The highest BCUT2D eigenvalue weighted by molar-refractivity contribution is 5.92. The molecule has 0 spiro atoms. The molecule has 3 heterocycles. The van der Waals surface area contributed by atoms with Crippen molar-refractivity contribution in [1.82, 2.24) is 19.9 Å². The molecule has 1 unspecified atom stereocenters. The Bertz CT molecular complexity index is 1200. The van der Waals surface area contributed by atoms with Crippen molar-refractivity contribution in [3.63, 3.8) is 0 Å². The number of benzene rings is 2. The average Bonchev–Trinajstić information content (AvgIpc) is 3.21. The van der Waals surface area contributed by atoms with Crippen LogP contribution in [0.25, 0.3) is 21.9 Å². The predicted octanol–water partition coefficient (Wildman–Crippen LogP) is 2.94. The third-order valence-electron chi connectivity index (χ3n) is 5.07. The van der Waals surface area contributed by atoms with Gasteiger partial charge in [0.25, 0.3) is 0 Å². The zero-order chi connectivity index (χ0) is 19.8. The molecule has 1 aliphatic heterocycles. The Kier molecular flexibility index (Phi) is 4.23. The average molecular weight is 389 g/mol. The van der Waals surface area contributed by atoms with Gasteiger partial charge >= 0.3 is 0 Å². The Balaban J connectivity index is 1.39. The Morgan fingerprint density at radius 1 is 1.07 bits per heavy atom. The molecule has 1 atom stereocenters. The summed E-state index contributed by atoms with van der Waals surface area (Å²) in [5.74, 6) is 1.77. The lowest BCUT2D eigenvalue weighted by Crippen LogP contribution is -2.25. The number of nitrogens with zero attached hydrogens (tertiary/aromatic N) is 5. The second-order valence-corrected chi connectivity index (χ2v) is 6.91. The van der Waals surface area contributed by atoms with E-state index in [1.807, 2.05) is 24.3 Å². The highest BCUT2D eigenvalue weighted by Crippen LogP contribution is 2.35. The van der Waals surface area contributed by atoms with Crippen LogP contribution in [-0.4, -0.2) is 51.3 Å². The van der Waals surface area contributed by atoms with E-state index in [-0.39, 0.29) is 11.9 Å². The first kappa shape index (κ1) is 17.4. The van der Waals surface area contributed by atoms with Crippen LogP contribution in [0.15, 0.2) is 48.9 Å². The van der Waals surface area contributed by atoms with Gasteiger partial charge in [-0.3, -0.25) is 0 Å². The monoisotopic (exact) mass is 389 g/mol. The van der Waals surface area contributed by atoms with Crippen LogP contribution < -0.4 is 14.4 Å². The topological polar surface area (TPSA) is 93.5 Å². The van der Waals surface area contributed by atoms with E-state index >= 15 is 0 Å².